The molecule has 2 rings (SSSR count). The van der Waals surface area contributed by atoms with Crippen LogP contribution in [0.1, 0.15) is 21.6 Å². The van der Waals surface area contributed by atoms with E-state index < -0.39 is 0 Å². The molecule has 1 aromatic heterocycles. The van der Waals surface area contributed by atoms with Gasteiger partial charge in [0.25, 0.3) is 5.91 Å². The van der Waals surface area contributed by atoms with Gasteiger partial charge in [0.1, 0.15) is 0 Å². The lowest BCUT2D eigenvalue weighted by Gasteiger charge is -2.06. The van der Waals surface area contributed by atoms with E-state index in [2.05, 4.69) is 50.7 Å². The molecule has 0 aliphatic rings. The van der Waals surface area contributed by atoms with Gasteiger partial charge in [-0.25, -0.2) is 4.63 Å². The van der Waals surface area contributed by atoms with Crippen LogP contribution in [0.3, 0.4) is 0 Å². The zero-order chi connectivity index (χ0) is 14.4. The number of anilines is 1. The maximum Gasteiger partial charge on any atom is 0.277 e. The predicted octanol–water partition coefficient (Wildman–Crippen LogP) is 0.480. The van der Waals surface area contributed by atoms with Gasteiger partial charge < -0.3 is 16.4 Å². The third-order valence-electron chi connectivity index (χ3n) is 2.73. The van der Waals surface area contributed by atoms with Crippen LogP contribution < -0.4 is 16.4 Å². The average molecular weight is 275 g/mol. The van der Waals surface area contributed by atoms with Crippen LogP contribution in [0.15, 0.2) is 28.9 Å². The van der Waals surface area contributed by atoms with Crippen LogP contribution in [0.25, 0.3) is 0 Å². The number of nitrogens with one attached hydrogen (secondary N) is 2. The fraction of sp³-hybridized carbons (Fsp3) is 0.308. The second-order valence-corrected chi connectivity index (χ2v) is 4.42. The quantitative estimate of drug-likeness (QED) is 0.662. The van der Waals surface area contributed by atoms with Gasteiger partial charge in [0, 0.05) is 19.6 Å². The Balaban J connectivity index is 1.67. The average Bonchev–Trinajstić information content (AvgIpc) is 2.84. The van der Waals surface area contributed by atoms with Crippen LogP contribution in [-0.4, -0.2) is 29.3 Å². The summed E-state index contributed by atoms with van der Waals surface area (Å²) >= 11 is 0. The summed E-state index contributed by atoms with van der Waals surface area (Å²) < 4.78 is 4.36. The number of rotatable bonds is 6. The molecule has 0 radical (unpaired) electrons. The Kier molecular flexibility index (Phi) is 4.67. The molecule has 106 valence electrons. The highest BCUT2D eigenvalue weighted by Gasteiger charge is 2.14. The van der Waals surface area contributed by atoms with Gasteiger partial charge in [-0.2, -0.15) is 0 Å². The molecule has 0 saturated carbocycles. The molecule has 0 spiro atoms. The molecular formula is C13H17N5O2. The molecule has 7 nitrogen and oxygen atoms in total. The normalized spacial score (nSPS) is 10.4. The smallest absolute Gasteiger partial charge is 0.277 e. The molecule has 0 saturated heterocycles. The SMILES string of the molecule is Cc1cccc(CNCCNC(=O)c2nonc2N)c1. The van der Waals surface area contributed by atoms with Crippen molar-refractivity contribution in [3.05, 3.63) is 41.1 Å². The van der Waals surface area contributed by atoms with E-state index in [1.54, 1.807) is 0 Å². The number of aromatic nitrogens is 2. The molecule has 1 amide bonds. The Hall–Kier alpha value is -2.41. The van der Waals surface area contributed by atoms with Crippen molar-refractivity contribution in [2.24, 2.45) is 0 Å². The molecule has 20 heavy (non-hydrogen) atoms. The van der Waals surface area contributed by atoms with Gasteiger partial charge in [-0.1, -0.05) is 29.8 Å². The Bertz CT molecular complexity index is 582. The lowest BCUT2D eigenvalue weighted by atomic mass is 10.1. The van der Waals surface area contributed by atoms with Crippen molar-refractivity contribution in [3.8, 4) is 0 Å². The lowest BCUT2D eigenvalue weighted by molar-refractivity contribution is 0.0944. The highest BCUT2D eigenvalue weighted by molar-refractivity contribution is 5.95. The van der Waals surface area contributed by atoms with Crippen molar-refractivity contribution in [1.82, 2.24) is 20.9 Å². The maximum absolute atomic E-state index is 11.6. The van der Waals surface area contributed by atoms with Gasteiger partial charge in [0.2, 0.25) is 11.5 Å². The fourth-order valence-electron chi connectivity index (χ4n) is 1.76. The minimum absolute atomic E-state index is 0.00443. The highest BCUT2D eigenvalue weighted by Crippen LogP contribution is 2.03. The zero-order valence-corrected chi connectivity index (χ0v) is 11.2. The van der Waals surface area contributed by atoms with E-state index in [1.807, 2.05) is 6.07 Å². The van der Waals surface area contributed by atoms with E-state index in [9.17, 15) is 4.79 Å². The molecule has 7 heteroatoms. The first-order valence-corrected chi connectivity index (χ1v) is 6.29. The summed E-state index contributed by atoms with van der Waals surface area (Å²) in [6.07, 6.45) is 0. The van der Waals surface area contributed by atoms with Gasteiger partial charge in [0.05, 0.1) is 0 Å². The Morgan fingerprint density at radius 2 is 2.20 bits per heavy atom. The Morgan fingerprint density at radius 1 is 1.35 bits per heavy atom. The van der Waals surface area contributed by atoms with Crippen LogP contribution in [-0.2, 0) is 6.54 Å². The second-order valence-electron chi connectivity index (χ2n) is 4.42. The van der Waals surface area contributed by atoms with Crippen LogP contribution in [0, 0.1) is 6.92 Å². The predicted molar refractivity (Wildman–Crippen MR) is 73.9 cm³/mol. The summed E-state index contributed by atoms with van der Waals surface area (Å²) in [6, 6.07) is 8.25. The first-order valence-electron chi connectivity index (χ1n) is 6.29. The summed E-state index contributed by atoms with van der Waals surface area (Å²) in [5.41, 5.74) is 7.87. The van der Waals surface area contributed by atoms with Gasteiger partial charge in [-0.3, -0.25) is 4.79 Å². The minimum atomic E-state index is -0.388. The Labute approximate surface area is 116 Å². The number of carbonyl (C=O) groups is 1. The first-order chi connectivity index (χ1) is 9.66. The van der Waals surface area contributed by atoms with Crippen molar-refractivity contribution in [3.63, 3.8) is 0 Å². The highest BCUT2D eigenvalue weighted by atomic mass is 16.6. The molecule has 1 aromatic carbocycles. The zero-order valence-electron chi connectivity index (χ0n) is 11.2. The summed E-state index contributed by atoms with van der Waals surface area (Å²) in [5, 5.41) is 12.7. The number of nitrogen functional groups attached to an aromatic ring is 1. The largest absolute Gasteiger partial charge is 0.379 e. The molecule has 1 heterocycles. The number of hydrogen-bond donors (Lipinski definition) is 3. The van der Waals surface area contributed by atoms with Crippen molar-refractivity contribution in [2.45, 2.75) is 13.5 Å². The molecular weight excluding hydrogens is 258 g/mol. The molecule has 0 aliphatic carbocycles. The van der Waals surface area contributed by atoms with Crippen LogP contribution in [0.4, 0.5) is 5.82 Å². The summed E-state index contributed by atoms with van der Waals surface area (Å²) in [5.74, 6) is -0.392. The molecule has 0 atom stereocenters. The third kappa shape index (κ3) is 3.79. The van der Waals surface area contributed by atoms with E-state index in [0.29, 0.717) is 13.1 Å². The van der Waals surface area contributed by atoms with E-state index >= 15 is 0 Å². The second kappa shape index (κ2) is 6.67. The molecule has 0 aliphatic heterocycles. The van der Waals surface area contributed by atoms with Crippen molar-refractivity contribution >= 4 is 11.7 Å². The van der Waals surface area contributed by atoms with Crippen molar-refractivity contribution in [1.29, 1.82) is 0 Å². The summed E-state index contributed by atoms with van der Waals surface area (Å²) in [6.45, 7) is 3.92. The monoisotopic (exact) mass is 275 g/mol. The van der Waals surface area contributed by atoms with Gasteiger partial charge >= 0.3 is 0 Å². The third-order valence-corrected chi connectivity index (χ3v) is 2.73. The number of amides is 1. The maximum atomic E-state index is 11.6. The van der Waals surface area contributed by atoms with Gasteiger partial charge in [-0.15, -0.1) is 0 Å². The summed E-state index contributed by atoms with van der Waals surface area (Å²) in [4.78, 5) is 11.6. The minimum Gasteiger partial charge on any atom is -0.379 e. The number of nitrogens with zero attached hydrogens (tertiary/aromatic N) is 2. The van der Waals surface area contributed by atoms with Crippen LogP contribution in [0.5, 0.6) is 0 Å². The van der Waals surface area contributed by atoms with Gasteiger partial charge in [-0.05, 0) is 22.8 Å². The lowest BCUT2D eigenvalue weighted by Crippen LogP contribution is -2.32. The number of benzene rings is 1. The number of hydrogen-bond acceptors (Lipinski definition) is 6. The van der Waals surface area contributed by atoms with Crippen LogP contribution in [0.2, 0.25) is 0 Å². The van der Waals surface area contributed by atoms with E-state index in [4.69, 9.17) is 5.73 Å². The fourth-order valence-corrected chi connectivity index (χ4v) is 1.76. The number of nitrogens with two attached hydrogens (primary N) is 1. The standard InChI is InChI=1S/C13H17N5O2/c1-9-3-2-4-10(7-9)8-15-5-6-16-13(19)11-12(14)18-20-17-11/h2-4,7,15H,5-6,8H2,1H3,(H2,14,18)(H,16,19). The number of carbonyl (C=O) groups excluding carboxylic acids is 1. The van der Waals surface area contributed by atoms with E-state index in [-0.39, 0.29) is 17.4 Å². The summed E-state index contributed by atoms with van der Waals surface area (Å²) in [7, 11) is 0. The van der Waals surface area contributed by atoms with E-state index in [1.165, 1.54) is 11.1 Å². The van der Waals surface area contributed by atoms with E-state index in [0.717, 1.165) is 6.54 Å². The first kappa shape index (κ1) is 14.0. The number of aryl methyl sites for hydroxylation is 1. The molecule has 0 unspecified atom stereocenters. The van der Waals surface area contributed by atoms with Gasteiger partial charge in [0.15, 0.2) is 0 Å². The molecule has 4 N–H and O–H groups in total. The van der Waals surface area contributed by atoms with Crippen LogP contribution >= 0.6 is 0 Å². The topological polar surface area (TPSA) is 106 Å². The Morgan fingerprint density at radius 3 is 2.90 bits per heavy atom. The van der Waals surface area contributed by atoms with Crippen molar-refractivity contribution < 1.29 is 9.42 Å². The molecule has 2 aromatic rings. The molecule has 0 bridgehead atoms. The molecule has 0 fully saturated rings. The van der Waals surface area contributed by atoms with Crippen molar-refractivity contribution in [2.75, 3.05) is 18.8 Å².